The Morgan fingerprint density at radius 1 is 1.24 bits per heavy atom. The van der Waals surface area contributed by atoms with Gasteiger partial charge in [0.15, 0.2) is 5.96 Å². The zero-order chi connectivity index (χ0) is 18.1. The molecular formula is C17H30IN5O2. The standard InChI is InChI=1S/C17H29N5O2.HI/c1-13(2)21(14(3)4)10-9-19-17(18-5)20-12-15-7-6-8-16(11-15)22(23)24;/h6-8,11,13-14H,9-10,12H2,1-5H3,(H2,18,19,20);1H. The number of guanidine groups is 1. The van der Waals surface area contributed by atoms with Crippen molar-refractivity contribution in [2.75, 3.05) is 20.1 Å². The van der Waals surface area contributed by atoms with E-state index in [1.165, 1.54) is 6.07 Å². The molecule has 1 aromatic rings. The molecular weight excluding hydrogens is 433 g/mol. The van der Waals surface area contributed by atoms with Crippen LogP contribution in [-0.4, -0.2) is 48.0 Å². The van der Waals surface area contributed by atoms with E-state index in [0.717, 1.165) is 18.7 Å². The van der Waals surface area contributed by atoms with Crippen molar-refractivity contribution in [3.05, 3.63) is 39.9 Å². The number of aliphatic imine (C=N–C) groups is 1. The zero-order valence-corrected chi connectivity index (χ0v) is 18.0. The third-order valence-corrected chi connectivity index (χ3v) is 3.79. The molecule has 1 aromatic carbocycles. The van der Waals surface area contributed by atoms with E-state index in [9.17, 15) is 10.1 Å². The number of non-ortho nitro benzene ring substituents is 1. The Morgan fingerprint density at radius 3 is 2.40 bits per heavy atom. The molecule has 0 fully saturated rings. The second kappa shape index (κ2) is 12.0. The monoisotopic (exact) mass is 463 g/mol. The van der Waals surface area contributed by atoms with Crippen molar-refractivity contribution in [1.82, 2.24) is 15.5 Å². The molecule has 7 nitrogen and oxygen atoms in total. The molecule has 2 N–H and O–H groups in total. The fraction of sp³-hybridized carbons (Fsp3) is 0.588. The van der Waals surface area contributed by atoms with E-state index in [1.807, 2.05) is 6.07 Å². The Kier molecular flexibility index (Phi) is 11.3. The minimum atomic E-state index is -0.386. The molecule has 0 heterocycles. The molecule has 0 amide bonds. The summed E-state index contributed by atoms with van der Waals surface area (Å²) >= 11 is 0. The summed E-state index contributed by atoms with van der Waals surface area (Å²) in [4.78, 5) is 17.0. The SMILES string of the molecule is CN=C(NCCN(C(C)C)C(C)C)NCc1cccc([N+](=O)[O-])c1.I. The van der Waals surface area contributed by atoms with Crippen molar-refractivity contribution >= 4 is 35.6 Å². The lowest BCUT2D eigenvalue weighted by atomic mass is 10.2. The van der Waals surface area contributed by atoms with E-state index in [0.29, 0.717) is 24.6 Å². The van der Waals surface area contributed by atoms with Crippen molar-refractivity contribution in [2.45, 2.75) is 46.3 Å². The number of rotatable bonds is 8. The van der Waals surface area contributed by atoms with Gasteiger partial charge in [0.2, 0.25) is 0 Å². The highest BCUT2D eigenvalue weighted by Gasteiger charge is 2.12. The maximum absolute atomic E-state index is 10.8. The summed E-state index contributed by atoms with van der Waals surface area (Å²) < 4.78 is 0. The lowest BCUT2D eigenvalue weighted by molar-refractivity contribution is -0.384. The van der Waals surface area contributed by atoms with Crippen LogP contribution in [-0.2, 0) is 6.54 Å². The van der Waals surface area contributed by atoms with E-state index in [-0.39, 0.29) is 34.6 Å². The highest BCUT2D eigenvalue weighted by atomic mass is 127. The third kappa shape index (κ3) is 8.48. The summed E-state index contributed by atoms with van der Waals surface area (Å²) in [7, 11) is 1.71. The fourth-order valence-electron chi connectivity index (χ4n) is 2.60. The van der Waals surface area contributed by atoms with Gasteiger partial charge in [-0.15, -0.1) is 24.0 Å². The van der Waals surface area contributed by atoms with E-state index in [4.69, 9.17) is 0 Å². The third-order valence-electron chi connectivity index (χ3n) is 3.79. The number of hydrogen-bond donors (Lipinski definition) is 2. The van der Waals surface area contributed by atoms with E-state index in [2.05, 4.69) is 48.2 Å². The van der Waals surface area contributed by atoms with Gasteiger partial charge in [-0.2, -0.15) is 0 Å². The van der Waals surface area contributed by atoms with Crippen molar-refractivity contribution in [3.8, 4) is 0 Å². The van der Waals surface area contributed by atoms with E-state index >= 15 is 0 Å². The van der Waals surface area contributed by atoms with Crippen LogP contribution < -0.4 is 10.6 Å². The van der Waals surface area contributed by atoms with E-state index < -0.39 is 0 Å². The summed E-state index contributed by atoms with van der Waals surface area (Å²) in [5.41, 5.74) is 0.944. The van der Waals surface area contributed by atoms with Crippen LogP contribution in [0.3, 0.4) is 0 Å². The van der Waals surface area contributed by atoms with Crippen LogP contribution in [0.4, 0.5) is 5.69 Å². The smallest absolute Gasteiger partial charge is 0.269 e. The molecule has 0 aliphatic carbocycles. The summed E-state index contributed by atoms with van der Waals surface area (Å²) in [6.45, 7) is 11.0. The average molecular weight is 463 g/mol. The van der Waals surface area contributed by atoms with Crippen LogP contribution in [0.5, 0.6) is 0 Å². The molecule has 0 unspecified atom stereocenters. The maximum Gasteiger partial charge on any atom is 0.269 e. The molecule has 25 heavy (non-hydrogen) atoms. The summed E-state index contributed by atoms with van der Waals surface area (Å²) in [6, 6.07) is 7.59. The molecule has 0 radical (unpaired) electrons. The average Bonchev–Trinajstić information content (AvgIpc) is 2.53. The first-order valence-corrected chi connectivity index (χ1v) is 8.28. The zero-order valence-electron chi connectivity index (χ0n) is 15.7. The maximum atomic E-state index is 10.8. The van der Waals surface area contributed by atoms with Gasteiger partial charge in [0, 0.05) is 50.9 Å². The number of nitrogens with zero attached hydrogens (tertiary/aromatic N) is 3. The molecule has 0 aromatic heterocycles. The molecule has 0 saturated carbocycles. The van der Waals surface area contributed by atoms with Gasteiger partial charge >= 0.3 is 0 Å². The molecule has 0 spiro atoms. The van der Waals surface area contributed by atoms with Crippen LogP contribution in [0.1, 0.15) is 33.3 Å². The second-order valence-corrected chi connectivity index (χ2v) is 6.20. The molecule has 8 heteroatoms. The molecule has 0 atom stereocenters. The lowest BCUT2D eigenvalue weighted by Crippen LogP contribution is -2.45. The summed E-state index contributed by atoms with van der Waals surface area (Å²) in [6.07, 6.45) is 0. The van der Waals surface area contributed by atoms with Gasteiger partial charge in [0.25, 0.3) is 5.69 Å². The number of benzene rings is 1. The Hall–Kier alpha value is -1.42. The largest absolute Gasteiger partial charge is 0.355 e. The van der Waals surface area contributed by atoms with Gasteiger partial charge in [0.1, 0.15) is 0 Å². The first-order chi connectivity index (χ1) is 11.3. The first-order valence-electron chi connectivity index (χ1n) is 8.28. The topological polar surface area (TPSA) is 82.8 Å². The van der Waals surface area contributed by atoms with Crippen LogP contribution >= 0.6 is 24.0 Å². The van der Waals surface area contributed by atoms with Crippen LogP contribution in [0.25, 0.3) is 0 Å². The van der Waals surface area contributed by atoms with Crippen LogP contribution in [0.2, 0.25) is 0 Å². The minimum absolute atomic E-state index is 0. The Bertz CT molecular complexity index is 556. The number of hydrogen-bond acceptors (Lipinski definition) is 4. The molecule has 1 rings (SSSR count). The van der Waals surface area contributed by atoms with Gasteiger partial charge < -0.3 is 10.6 Å². The second-order valence-electron chi connectivity index (χ2n) is 6.20. The number of nitro benzene ring substituents is 1. The highest BCUT2D eigenvalue weighted by Crippen LogP contribution is 2.12. The summed E-state index contributed by atoms with van der Waals surface area (Å²) in [5.74, 6) is 0.689. The van der Waals surface area contributed by atoms with Crippen molar-refractivity contribution < 1.29 is 4.92 Å². The van der Waals surface area contributed by atoms with Gasteiger partial charge in [0.05, 0.1) is 4.92 Å². The van der Waals surface area contributed by atoms with Gasteiger partial charge in [-0.25, -0.2) is 0 Å². The fourth-order valence-corrected chi connectivity index (χ4v) is 2.60. The Morgan fingerprint density at radius 2 is 1.88 bits per heavy atom. The van der Waals surface area contributed by atoms with Crippen LogP contribution in [0, 0.1) is 10.1 Å². The minimum Gasteiger partial charge on any atom is -0.355 e. The first kappa shape index (κ1) is 23.6. The predicted octanol–water partition coefficient (Wildman–Crippen LogP) is 3.00. The number of halogens is 1. The molecule has 142 valence electrons. The van der Waals surface area contributed by atoms with Crippen LogP contribution in [0.15, 0.2) is 29.3 Å². The van der Waals surface area contributed by atoms with Gasteiger partial charge in [-0.3, -0.25) is 20.0 Å². The number of nitrogens with one attached hydrogen (secondary N) is 2. The Balaban J connectivity index is 0.00000576. The molecule has 0 aliphatic rings. The molecule has 0 aliphatic heterocycles. The number of nitro groups is 1. The quantitative estimate of drug-likeness (QED) is 0.204. The predicted molar refractivity (Wildman–Crippen MR) is 114 cm³/mol. The van der Waals surface area contributed by atoms with Crippen molar-refractivity contribution in [1.29, 1.82) is 0 Å². The normalized spacial score (nSPS) is 11.6. The Labute approximate surface area is 167 Å². The van der Waals surface area contributed by atoms with Crippen molar-refractivity contribution in [3.63, 3.8) is 0 Å². The lowest BCUT2D eigenvalue weighted by Gasteiger charge is -2.30. The van der Waals surface area contributed by atoms with Crippen molar-refractivity contribution in [2.24, 2.45) is 4.99 Å². The van der Waals surface area contributed by atoms with E-state index in [1.54, 1.807) is 19.2 Å². The highest BCUT2D eigenvalue weighted by molar-refractivity contribution is 14.0. The van der Waals surface area contributed by atoms with Gasteiger partial charge in [-0.05, 0) is 33.3 Å². The molecule has 0 saturated heterocycles. The summed E-state index contributed by atoms with van der Waals surface area (Å²) in [5, 5.41) is 17.3. The van der Waals surface area contributed by atoms with Gasteiger partial charge in [-0.1, -0.05) is 12.1 Å². The molecule has 0 bridgehead atoms.